The van der Waals surface area contributed by atoms with Crippen molar-refractivity contribution in [1.82, 2.24) is 4.40 Å². The lowest BCUT2D eigenvalue weighted by Gasteiger charge is -1.95. The zero-order chi connectivity index (χ0) is 7.97. The van der Waals surface area contributed by atoms with Gasteiger partial charge in [0.1, 0.15) is 0 Å². The molecule has 3 rings (SSSR count). The molecular weight excluding hydrogens is 154 g/mol. The van der Waals surface area contributed by atoms with Crippen LogP contribution in [-0.2, 0) is 0 Å². The summed E-state index contributed by atoms with van der Waals surface area (Å²) in [5.74, 6) is 1.69. The van der Waals surface area contributed by atoms with E-state index in [-0.39, 0.29) is 0 Å². The Morgan fingerprint density at radius 1 is 1.25 bits per heavy atom. The summed E-state index contributed by atoms with van der Waals surface area (Å²) in [5, 5.41) is 0. The Hall–Kier alpha value is -1.64. The van der Waals surface area contributed by atoms with Crippen molar-refractivity contribution in [2.24, 2.45) is 0 Å². The molecule has 0 saturated carbocycles. The molecule has 0 aromatic carbocycles. The highest BCUT2D eigenvalue weighted by Crippen LogP contribution is 2.37. The Balaban J connectivity index is 2.44. The second kappa shape index (κ2) is 1.94. The molecule has 0 bridgehead atoms. The van der Waals surface area contributed by atoms with Gasteiger partial charge in [-0.2, -0.15) is 0 Å². The van der Waals surface area contributed by atoms with E-state index in [0.29, 0.717) is 6.79 Å². The van der Waals surface area contributed by atoms with Gasteiger partial charge in [-0.15, -0.1) is 0 Å². The Morgan fingerprint density at radius 3 is 3.25 bits per heavy atom. The summed E-state index contributed by atoms with van der Waals surface area (Å²) < 4.78 is 12.5. The molecule has 0 radical (unpaired) electrons. The van der Waals surface area contributed by atoms with Crippen LogP contribution in [0.4, 0.5) is 0 Å². The van der Waals surface area contributed by atoms with Gasteiger partial charge in [0.05, 0.1) is 11.7 Å². The van der Waals surface area contributed by atoms with Crippen molar-refractivity contribution in [1.29, 1.82) is 0 Å². The average Bonchev–Trinajstić information content (AvgIpc) is 2.62. The number of rotatable bonds is 0. The van der Waals surface area contributed by atoms with Gasteiger partial charge in [-0.3, -0.25) is 0 Å². The molecule has 3 heterocycles. The van der Waals surface area contributed by atoms with Crippen LogP contribution < -0.4 is 9.47 Å². The van der Waals surface area contributed by atoms with Crippen LogP contribution in [0.2, 0.25) is 0 Å². The molecule has 0 aliphatic carbocycles. The Kier molecular flexibility index (Phi) is 0.961. The quantitative estimate of drug-likeness (QED) is 0.586. The van der Waals surface area contributed by atoms with E-state index in [1.807, 2.05) is 35.0 Å². The SMILES string of the molecule is c1ccn2cc3c(c2c1)OCO3. The van der Waals surface area contributed by atoms with Gasteiger partial charge in [0.2, 0.25) is 6.79 Å². The van der Waals surface area contributed by atoms with E-state index in [9.17, 15) is 0 Å². The van der Waals surface area contributed by atoms with Gasteiger partial charge in [0.15, 0.2) is 11.5 Å². The number of hydrogen-bond acceptors (Lipinski definition) is 2. The maximum atomic E-state index is 5.31. The lowest BCUT2D eigenvalue weighted by atomic mass is 10.4. The van der Waals surface area contributed by atoms with E-state index in [2.05, 4.69) is 0 Å². The van der Waals surface area contributed by atoms with Gasteiger partial charge in [-0.1, -0.05) is 6.07 Å². The first-order chi connectivity index (χ1) is 5.95. The number of fused-ring (bicyclic) bond motifs is 3. The normalized spacial score (nSPS) is 14.0. The smallest absolute Gasteiger partial charge is 0.231 e. The van der Waals surface area contributed by atoms with E-state index in [0.717, 1.165) is 17.0 Å². The average molecular weight is 161 g/mol. The fourth-order valence-corrected chi connectivity index (χ4v) is 1.47. The van der Waals surface area contributed by atoms with Crippen molar-refractivity contribution in [3.63, 3.8) is 0 Å². The van der Waals surface area contributed by atoms with Crippen LogP contribution in [0, 0.1) is 0 Å². The van der Waals surface area contributed by atoms with Crippen LogP contribution in [-0.4, -0.2) is 11.2 Å². The van der Waals surface area contributed by atoms with Crippen molar-refractivity contribution < 1.29 is 9.47 Å². The van der Waals surface area contributed by atoms with Crippen molar-refractivity contribution >= 4 is 5.52 Å². The van der Waals surface area contributed by atoms with Crippen LogP contribution in [0.5, 0.6) is 11.5 Å². The van der Waals surface area contributed by atoms with Crippen molar-refractivity contribution in [2.45, 2.75) is 0 Å². The zero-order valence-corrected chi connectivity index (χ0v) is 6.36. The maximum Gasteiger partial charge on any atom is 0.231 e. The Labute approximate surface area is 69.1 Å². The Bertz CT molecular complexity index is 433. The minimum absolute atomic E-state index is 0.343. The molecule has 1 aliphatic rings. The van der Waals surface area contributed by atoms with Crippen molar-refractivity contribution in [3.05, 3.63) is 30.6 Å². The molecule has 60 valence electrons. The number of aromatic nitrogens is 1. The standard InChI is InChI=1S/C9H7NO2/c1-2-4-10-5-8-9(7(10)3-1)12-6-11-8/h1-5H,6H2. The minimum atomic E-state index is 0.343. The first kappa shape index (κ1) is 5.94. The predicted molar refractivity (Wildman–Crippen MR) is 43.5 cm³/mol. The van der Waals surface area contributed by atoms with E-state index in [1.54, 1.807) is 0 Å². The highest BCUT2D eigenvalue weighted by atomic mass is 16.7. The van der Waals surface area contributed by atoms with Crippen LogP contribution in [0.1, 0.15) is 0 Å². The van der Waals surface area contributed by atoms with Gasteiger partial charge in [-0.25, -0.2) is 0 Å². The molecule has 0 fully saturated rings. The third kappa shape index (κ3) is 0.605. The molecule has 1 aliphatic heterocycles. The second-order valence-electron chi connectivity index (χ2n) is 2.72. The highest BCUT2D eigenvalue weighted by molar-refractivity contribution is 5.68. The predicted octanol–water partition coefficient (Wildman–Crippen LogP) is 1.67. The van der Waals surface area contributed by atoms with E-state index in [4.69, 9.17) is 9.47 Å². The van der Waals surface area contributed by atoms with Crippen LogP contribution in [0.25, 0.3) is 5.52 Å². The van der Waals surface area contributed by atoms with Crippen LogP contribution in [0.15, 0.2) is 30.6 Å². The molecule has 0 N–H and O–H groups in total. The summed E-state index contributed by atoms with van der Waals surface area (Å²) in [6.45, 7) is 0.343. The van der Waals surface area contributed by atoms with E-state index < -0.39 is 0 Å². The van der Waals surface area contributed by atoms with Gasteiger partial charge < -0.3 is 13.9 Å². The summed E-state index contributed by atoms with van der Waals surface area (Å²) in [5.41, 5.74) is 1.06. The molecule has 2 aromatic heterocycles. The summed E-state index contributed by atoms with van der Waals surface area (Å²) in [4.78, 5) is 0. The molecule has 0 amide bonds. The number of hydrogen-bond donors (Lipinski definition) is 0. The lowest BCUT2D eigenvalue weighted by Crippen LogP contribution is -1.95. The molecule has 3 heteroatoms. The summed E-state index contributed by atoms with van der Waals surface area (Å²) >= 11 is 0. The fourth-order valence-electron chi connectivity index (χ4n) is 1.47. The molecule has 0 unspecified atom stereocenters. The van der Waals surface area contributed by atoms with Crippen molar-refractivity contribution in [2.75, 3.05) is 6.79 Å². The van der Waals surface area contributed by atoms with E-state index >= 15 is 0 Å². The first-order valence-electron chi connectivity index (χ1n) is 3.80. The molecule has 3 nitrogen and oxygen atoms in total. The number of pyridine rings is 1. The zero-order valence-electron chi connectivity index (χ0n) is 6.36. The molecule has 0 atom stereocenters. The third-order valence-electron chi connectivity index (χ3n) is 2.02. The maximum absolute atomic E-state index is 5.31. The van der Waals surface area contributed by atoms with Gasteiger partial charge in [-0.05, 0) is 12.1 Å². The lowest BCUT2D eigenvalue weighted by molar-refractivity contribution is 0.173. The second-order valence-corrected chi connectivity index (χ2v) is 2.72. The van der Waals surface area contributed by atoms with Gasteiger partial charge in [0.25, 0.3) is 0 Å². The topological polar surface area (TPSA) is 22.9 Å². The largest absolute Gasteiger partial charge is 0.452 e. The highest BCUT2D eigenvalue weighted by Gasteiger charge is 2.18. The Morgan fingerprint density at radius 2 is 2.25 bits per heavy atom. The van der Waals surface area contributed by atoms with Gasteiger partial charge in [0, 0.05) is 6.20 Å². The molecule has 2 aromatic rings. The van der Waals surface area contributed by atoms with E-state index in [1.165, 1.54) is 0 Å². The third-order valence-corrected chi connectivity index (χ3v) is 2.02. The number of ether oxygens (including phenoxy) is 2. The molecule has 12 heavy (non-hydrogen) atoms. The monoisotopic (exact) mass is 161 g/mol. The summed E-state index contributed by atoms with van der Waals surface area (Å²) in [7, 11) is 0. The summed E-state index contributed by atoms with van der Waals surface area (Å²) in [6, 6.07) is 5.97. The summed E-state index contributed by atoms with van der Waals surface area (Å²) in [6.07, 6.45) is 3.90. The van der Waals surface area contributed by atoms with Crippen molar-refractivity contribution in [3.8, 4) is 11.5 Å². The van der Waals surface area contributed by atoms with Gasteiger partial charge >= 0.3 is 0 Å². The first-order valence-corrected chi connectivity index (χ1v) is 3.80. The molecule has 0 spiro atoms. The van der Waals surface area contributed by atoms with Crippen LogP contribution >= 0.6 is 0 Å². The molecule has 0 saturated heterocycles. The fraction of sp³-hybridized carbons (Fsp3) is 0.111. The van der Waals surface area contributed by atoms with Crippen LogP contribution in [0.3, 0.4) is 0 Å². The molecular formula is C9H7NO2. The number of nitrogens with zero attached hydrogens (tertiary/aromatic N) is 1. The minimum Gasteiger partial charge on any atom is -0.452 e.